The highest BCUT2D eigenvalue weighted by Crippen LogP contribution is 2.26. The van der Waals surface area contributed by atoms with Gasteiger partial charge in [0.25, 0.3) is 0 Å². The van der Waals surface area contributed by atoms with E-state index in [1.807, 2.05) is 24.3 Å². The fraction of sp³-hybridized carbons (Fsp3) is 0.0588. The lowest BCUT2D eigenvalue weighted by Gasteiger charge is -2.11. The Balaban J connectivity index is 2.51. The van der Waals surface area contributed by atoms with Crippen molar-refractivity contribution < 1.29 is 0 Å². The zero-order valence-corrected chi connectivity index (χ0v) is 13.9. The first-order valence-electron chi connectivity index (χ1n) is 7.60. The molecule has 0 heterocycles. The summed E-state index contributed by atoms with van der Waals surface area (Å²) in [5.41, 5.74) is 20.8. The average Bonchev–Trinajstić information content (AvgIpc) is 2.69. The van der Waals surface area contributed by atoms with Crippen LogP contribution in [0.1, 0.15) is 16.7 Å². The van der Waals surface area contributed by atoms with Crippen LogP contribution in [0.5, 0.6) is 0 Å². The Bertz CT molecular complexity index is 897. The van der Waals surface area contributed by atoms with E-state index >= 15 is 0 Å². The zero-order chi connectivity index (χ0) is 18.9. The third kappa shape index (κ3) is 4.42. The molecule has 0 atom stereocenters. The van der Waals surface area contributed by atoms with Gasteiger partial charge in [0.05, 0.1) is 0 Å². The minimum atomic E-state index is -0.0483. The summed E-state index contributed by atoms with van der Waals surface area (Å²) in [5, 5.41) is 29.3. The molecule has 0 aliphatic rings. The second kappa shape index (κ2) is 8.94. The summed E-state index contributed by atoms with van der Waals surface area (Å²) >= 11 is 0. The van der Waals surface area contributed by atoms with Gasteiger partial charge >= 0.3 is 0 Å². The molecule has 2 aromatic rings. The number of nitrogens with zero attached hydrogens (tertiary/aromatic N) is 4. The summed E-state index contributed by atoms with van der Waals surface area (Å²) in [6.45, 7) is 0.330. The highest BCUT2D eigenvalue weighted by atomic mass is 15.2. The Morgan fingerprint density at radius 2 is 1.92 bits per heavy atom. The molecular formula is C17H19N9. The van der Waals surface area contributed by atoms with Crippen molar-refractivity contribution in [3.63, 3.8) is 0 Å². The number of hydrogen-bond donors (Lipinski definition) is 5. The van der Waals surface area contributed by atoms with Crippen molar-refractivity contribution in [1.29, 1.82) is 10.8 Å². The van der Waals surface area contributed by atoms with Crippen LogP contribution in [0.15, 0.2) is 62.9 Å². The number of azo groups is 1. The van der Waals surface area contributed by atoms with Crippen LogP contribution in [0, 0.1) is 10.8 Å². The molecule has 9 nitrogen and oxygen atoms in total. The highest BCUT2D eigenvalue weighted by molar-refractivity contribution is 6.00. The fourth-order valence-electron chi connectivity index (χ4n) is 2.31. The van der Waals surface area contributed by atoms with E-state index in [4.69, 9.17) is 28.0 Å². The molecule has 9 heteroatoms. The molecule has 0 aromatic heterocycles. The lowest BCUT2D eigenvalue weighted by atomic mass is 9.95. The Morgan fingerprint density at radius 3 is 2.62 bits per heavy atom. The fourth-order valence-corrected chi connectivity index (χ4v) is 2.31. The molecule has 2 rings (SSSR count). The molecule has 0 bridgehead atoms. The van der Waals surface area contributed by atoms with Gasteiger partial charge in [-0.3, -0.25) is 10.8 Å². The van der Waals surface area contributed by atoms with Crippen LogP contribution >= 0.6 is 0 Å². The van der Waals surface area contributed by atoms with Crippen molar-refractivity contribution in [3.8, 4) is 11.1 Å². The molecule has 0 fully saturated rings. The minimum absolute atomic E-state index is 0.0483. The Kier molecular flexibility index (Phi) is 6.40. The maximum Gasteiger partial charge on any atom is 0.174 e. The van der Waals surface area contributed by atoms with Crippen LogP contribution in [0.4, 0.5) is 0 Å². The first-order chi connectivity index (χ1) is 12.6. The smallest absolute Gasteiger partial charge is 0.174 e. The van der Waals surface area contributed by atoms with Crippen LogP contribution < -0.4 is 17.2 Å². The molecule has 0 radical (unpaired) electrons. The van der Waals surface area contributed by atoms with Crippen LogP contribution in [0.25, 0.3) is 11.1 Å². The molecule has 8 N–H and O–H groups in total. The first kappa shape index (κ1) is 18.6. The summed E-state index contributed by atoms with van der Waals surface area (Å²) in [5.74, 6) is 0.180. The van der Waals surface area contributed by atoms with Gasteiger partial charge in [0, 0.05) is 17.7 Å². The van der Waals surface area contributed by atoms with E-state index in [1.54, 1.807) is 18.2 Å². The van der Waals surface area contributed by atoms with Crippen molar-refractivity contribution in [2.24, 2.45) is 37.6 Å². The van der Waals surface area contributed by atoms with Gasteiger partial charge in [0.1, 0.15) is 12.7 Å². The number of nitrogens with one attached hydrogen (secondary N) is 2. The van der Waals surface area contributed by atoms with E-state index in [1.165, 1.54) is 0 Å². The van der Waals surface area contributed by atoms with Crippen molar-refractivity contribution >= 4 is 24.3 Å². The van der Waals surface area contributed by atoms with Crippen LogP contribution in [-0.4, -0.2) is 24.3 Å². The number of rotatable bonds is 6. The van der Waals surface area contributed by atoms with Crippen LogP contribution in [-0.2, 0) is 6.54 Å². The second-order valence-electron chi connectivity index (χ2n) is 5.10. The van der Waals surface area contributed by atoms with Gasteiger partial charge in [-0.2, -0.15) is 0 Å². The Hall–Kier alpha value is -3.72. The van der Waals surface area contributed by atoms with Gasteiger partial charge in [-0.15, -0.1) is 20.4 Å². The number of benzene rings is 2. The van der Waals surface area contributed by atoms with Gasteiger partial charge in [-0.1, -0.05) is 30.3 Å². The molecule has 0 unspecified atom stereocenters. The first-order valence-corrected chi connectivity index (χ1v) is 7.60. The molecule has 26 heavy (non-hydrogen) atoms. The van der Waals surface area contributed by atoms with Crippen LogP contribution in [0.2, 0.25) is 0 Å². The second-order valence-corrected chi connectivity index (χ2v) is 5.10. The predicted molar refractivity (Wildman–Crippen MR) is 104 cm³/mol. The molecule has 0 spiro atoms. The van der Waals surface area contributed by atoms with E-state index in [2.05, 4.69) is 20.4 Å². The van der Waals surface area contributed by atoms with Crippen LogP contribution in [0.3, 0.4) is 0 Å². The largest absolute Gasteiger partial charge is 0.388 e. The van der Waals surface area contributed by atoms with Gasteiger partial charge in [-0.25, -0.2) is 0 Å². The normalized spacial score (nSPS) is 12.0. The van der Waals surface area contributed by atoms with Crippen molar-refractivity contribution in [1.82, 2.24) is 0 Å². The van der Waals surface area contributed by atoms with E-state index in [-0.39, 0.29) is 11.7 Å². The zero-order valence-electron chi connectivity index (χ0n) is 13.9. The predicted octanol–water partition coefficient (Wildman–Crippen LogP) is 1.80. The Morgan fingerprint density at radius 1 is 1.12 bits per heavy atom. The molecule has 0 saturated carbocycles. The van der Waals surface area contributed by atoms with Gasteiger partial charge < -0.3 is 17.2 Å². The molecule has 0 amide bonds. The van der Waals surface area contributed by atoms with Crippen molar-refractivity contribution in [2.75, 3.05) is 0 Å². The number of hydrogen-bond acceptors (Lipinski definition) is 5. The molecule has 132 valence electrons. The Labute approximate surface area is 150 Å². The maximum absolute atomic E-state index is 7.94. The lowest BCUT2D eigenvalue weighted by Crippen LogP contribution is -2.13. The van der Waals surface area contributed by atoms with Crippen molar-refractivity contribution in [3.05, 3.63) is 59.2 Å². The van der Waals surface area contributed by atoms with E-state index < -0.39 is 0 Å². The standard InChI is InChI=1S/C17H19N9/c18-8-14-5-4-13(17(22)26-24-10-20)7-15(14)11-2-1-3-12(6-11)16(21)25-23-9-19/h1-7,9-10,20,22H,8,18H2,(H2,19,23)(H2,21,25). The summed E-state index contributed by atoms with van der Waals surface area (Å²) in [6.07, 6.45) is 1.83. The third-order valence-corrected chi connectivity index (χ3v) is 3.52. The minimum Gasteiger partial charge on any atom is -0.388 e. The average molecular weight is 349 g/mol. The van der Waals surface area contributed by atoms with Gasteiger partial charge in [-0.05, 0) is 28.8 Å². The van der Waals surface area contributed by atoms with Gasteiger partial charge in [0.2, 0.25) is 0 Å². The summed E-state index contributed by atoms with van der Waals surface area (Å²) in [6, 6.07) is 12.8. The highest BCUT2D eigenvalue weighted by Gasteiger charge is 2.10. The van der Waals surface area contributed by atoms with E-state index in [0.717, 1.165) is 29.4 Å². The third-order valence-electron chi connectivity index (χ3n) is 3.52. The summed E-state index contributed by atoms with van der Waals surface area (Å²) in [7, 11) is 0. The quantitative estimate of drug-likeness (QED) is 0.232. The monoisotopic (exact) mass is 349 g/mol. The van der Waals surface area contributed by atoms with Gasteiger partial charge in [0.15, 0.2) is 11.7 Å². The molecule has 0 saturated heterocycles. The maximum atomic E-state index is 7.94. The van der Waals surface area contributed by atoms with E-state index in [0.29, 0.717) is 17.7 Å². The van der Waals surface area contributed by atoms with E-state index in [9.17, 15) is 0 Å². The SMILES string of the molecule is N=CN=NC(=N)c1ccc(CN)c(-c2cccc(C(N)=NN=CN)c2)c1. The summed E-state index contributed by atoms with van der Waals surface area (Å²) in [4.78, 5) is 0. The summed E-state index contributed by atoms with van der Waals surface area (Å²) < 4.78 is 0. The van der Waals surface area contributed by atoms with Crippen molar-refractivity contribution in [2.45, 2.75) is 6.54 Å². The molecule has 2 aromatic carbocycles. The topological polar surface area (TPSA) is 175 Å². The molecule has 0 aliphatic heterocycles. The number of amidine groups is 2. The molecular weight excluding hydrogens is 330 g/mol. The number of nitrogens with two attached hydrogens (primary N) is 3. The lowest BCUT2D eigenvalue weighted by molar-refractivity contribution is 1.07. The molecule has 0 aliphatic carbocycles.